The molecule has 2 fully saturated rings. The number of amides is 1. The van der Waals surface area contributed by atoms with E-state index in [1.165, 1.54) is 4.90 Å². The lowest BCUT2D eigenvalue weighted by atomic mass is 9.98. The molecule has 1 aromatic carbocycles. The Morgan fingerprint density at radius 3 is 2.55 bits per heavy atom. The Morgan fingerprint density at radius 1 is 1.12 bits per heavy atom. The van der Waals surface area contributed by atoms with Gasteiger partial charge in [-0.25, -0.2) is 0 Å². The summed E-state index contributed by atoms with van der Waals surface area (Å²) < 4.78 is 10.8. The second kappa shape index (κ2) is 10.6. The highest BCUT2D eigenvalue weighted by Gasteiger charge is 2.46. The Balaban J connectivity index is 1.62. The number of ketones is 1. The molecule has 33 heavy (non-hydrogen) atoms. The molecule has 2 saturated heterocycles. The van der Waals surface area contributed by atoms with Crippen molar-refractivity contribution in [3.63, 3.8) is 0 Å². The summed E-state index contributed by atoms with van der Waals surface area (Å²) in [4.78, 5) is 34.3. The van der Waals surface area contributed by atoms with Crippen molar-refractivity contribution in [1.82, 2.24) is 14.8 Å². The van der Waals surface area contributed by atoms with Crippen LogP contribution in [0.1, 0.15) is 30.6 Å². The topological polar surface area (TPSA) is 92.2 Å². The van der Waals surface area contributed by atoms with E-state index in [1.54, 1.807) is 42.6 Å². The van der Waals surface area contributed by atoms with Crippen LogP contribution in [0, 0.1) is 0 Å². The van der Waals surface area contributed by atoms with Crippen molar-refractivity contribution in [3.8, 4) is 5.75 Å². The first-order chi connectivity index (χ1) is 16.1. The molecule has 1 amide bonds. The van der Waals surface area contributed by atoms with Gasteiger partial charge in [-0.15, -0.1) is 0 Å². The van der Waals surface area contributed by atoms with E-state index in [0.29, 0.717) is 49.8 Å². The second-order valence-corrected chi connectivity index (χ2v) is 8.01. The van der Waals surface area contributed by atoms with Crippen molar-refractivity contribution in [2.24, 2.45) is 0 Å². The molecule has 3 heterocycles. The van der Waals surface area contributed by atoms with Crippen LogP contribution in [-0.4, -0.2) is 77.6 Å². The summed E-state index contributed by atoms with van der Waals surface area (Å²) in [5.74, 6) is -0.842. The lowest BCUT2D eigenvalue weighted by Gasteiger charge is -2.28. The third-order valence-corrected chi connectivity index (χ3v) is 5.92. The third kappa shape index (κ3) is 5.07. The summed E-state index contributed by atoms with van der Waals surface area (Å²) in [6.45, 7) is 6.76. The summed E-state index contributed by atoms with van der Waals surface area (Å²) in [5.41, 5.74) is 1.07. The van der Waals surface area contributed by atoms with Crippen LogP contribution in [0.4, 0.5) is 0 Å². The smallest absolute Gasteiger partial charge is 0.295 e. The highest BCUT2D eigenvalue weighted by molar-refractivity contribution is 6.46. The van der Waals surface area contributed by atoms with Crippen LogP contribution < -0.4 is 4.74 Å². The number of carbonyl (C=O) groups excluding carboxylic acids is 2. The van der Waals surface area contributed by atoms with Gasteiger partial charge in [0.2, 0.25) is 0 Å². The Kier molecular flexibility index (Phi) is 7.36. The molecule has 1 unspecified atom stereocenters. The van der Waals surface area contributed by atoms with Crippen LogP contribution in [0.15, 0.2) is 54.2 Å². The van der Waals surface area contributed by atoms with Gasteiger partial charge in [0.25, 0.3) is 11.7 Å². The summed E-state index contributed by atoms with van der Waals surface area (Å²) in [6, 6.07) is 11.5. The maximum Gasteiger partial charge on any atom is 0.295 e. The number of nitrogens with zero attached hydrogens (tertiary/aromatic N) is 3. The number of rotatable bonds is 8. The van der Waals surface area contributed by atoms with Crippen molar-refractivity contribution < 1.29 is 24.2 Å². The number of Topliss-reactive ketones (excluding diaryl/α,β-unsaturated/α-hetero) is 1. The minimum Gasteiger partial charge on any atom is -0.507 e. The average molecular weight is 452 g/mol. The normalized spacial score (nSPS) is 20.9. The van der Waals surface area contributed by atoms with E-state index in [9.17, 15) is 14.7 Å². The van der Waals surface area contributed by atoms with E-state index in [4.69, 9.17) is 9.47 Å². The van der Waals surface area contributed by atoms with Gasteiger partial charge in [-0.05, 0) is 49.7 Å². The zero-order valence-electron chi connectivity index (χ0n) is 18.8. The fourth-order valence-corrected chi connectivity index (χ4v) is 4.28. The minimum atomic E-state index is -0.734. The van der Waals surface area contributed by atoms with Gasteiger partial charge < -0.3 is 19.5 Å². The van der Waals surface area contributed by atoms with Crippen LogP contribution in [-0.2, 0) is 14.3 Å². The second-order valence-electron chi connectivity index (χ2n) is 8.01. The Morgan fingerprint density at radius 2 is 1.88 bits per heavy atom. The van der Waals surface area contributed by atoms with Gasteiger partial charge in [0, 0.05) is 37.9 Å². The number of benzene rings is 1. The molecular weight excluding hydrogens is 422 g/mol. The fourth-order valence-electron chi connectivity index (χ4n) is 4.28. The van der Waals surface area contributed by atoms with Crippen molar-refractivity contribution in [1.29, 1.82) is 0 Å². The molecule has 2 aliphatic rings. The van der Waals surface area contributed by atoms with Crippen LogP contribution in [0.5, 0.6) is 5.75 Å². The van der Waals surface area contributed by atoms with Crippen LogP contribution in [0.3, 0.4) is 0 Å². The summed E-state index contributed by atoms with van der Waals surface area (Å²) in [7, 11) is 0. The highest BCUT2D eigenvalue weighted by Crippen LogP contribution is 2.38. The first kappa shape index (κ1) is 22.9. The SMILES string of the molecule is CCOc1ccc(C(O)=C2C(=O)C(=O)N(CCCN3CCOCC3)C2c2ccccn2)cc1. The molecule has 0 bridgehead atoms. The number of aromatic nitrogens is 1. The zero-order chi connectivity index (χ0) is 23.2. The zero-order valence-corrected chi connectivity index (χ0v) is 18.8. The van der Waals surface area contributed by atoms with E-state index in [1.807, 2.05) is 13.0 Å². The number of likely N-dealkylation sites (tertiary alicyclic amines) is 1. The van der Waals surface area contributed by atoms with Gasteiger partial charge >= 0.3 is 0 Å². The molecule has 2 aliphatic heterocycles. The van der Waals surface area contributed by atoms with Gasteiger partial charge in [0.1, 0.15) is 17.6 Å². The minimum absolute atomic E-state index is 0.0641. The van der Waals surface area contributed by atoms with Gasteiger partial charge in [-0.1, -0.05) is 6.07 Å². The van der Waals surface area contributed by atoms with E-state index < -0.39 is 17.7 Å². The average Bonchev–Trinajstić information content (AvgIpc) is 3.10. The van der Waals surface area contributed by atoms with Gasteiger partial charge in [0.05, 0.1) is 31.1 Å². The molecule has 0 radical (unpaired) electrons. The predicted molar refractivity (Wildman–Crippen MR) is 123 cm³/mol. The molecule has 1 aromatic heterocycles. The molecule has 0 aliphatic carbocycles. The maximum atomic E-state index is 13.1. The third-order valence-electron chi connectivity index (χ3n) is 5.92. The molecule has 4 rings (SSSR count). The summed E-state index contributed by atoms with van der Waals surface area (Å²) in [6.07, 6.45) is 2.33. The monoisotopic (exact) mass is 451 g/mol. The largest absolute Gasteiger partial charge is 0.507 e. The first-order valence-corrected chi connectivity index (χ1v) is 11.3. The van der Waals surface area contributed by atoms with Gasteiger partial charge in [-0.2, -0.15) is 0 Å². The highest BCUT2D eigenvalue weighted by atomic mass is 16.5. The number of morpholine rings is 1. The lowest BCUT2D eigenvalue weighted by Crippen LogP contribution is -2.39. The molecule has 174 valence electrons. The van der Waals surface area contributed by atoms with Crippen molar-refractivity contribution >= 4 is 17.4 Å². The fraction of sp³-hybridized carbons (Fsp3) is 0.400. The van der Waals surface area contributed by atoms with Gasteiger partial charge in [-0.3, -0.25) is 19.5 Å². The lowest BCUT2D eigenvalue weighted by molar-refractivity contribution is -0.140. The van der Waals surface area contributed by atoms with E-state index in [0.717, 1.165) is 19.6 Å². The number of ether oxygens (including phenoxy) is 2. The van der Waals surface area contributed by atoms with Crippen LogP contribution >= 0.6 is 0 Å². The molecule has 8 heteroatoms. The number of hydrogen-bond acceptors (Lipinski definition) is 7. The van der Waals surface area contributed by atoms with Gasteiger partial charge in [0.15, 0.2) is 0 Å². The number of hydrogen-bond donors (Lipinski definition) is 1. The quantitative estimate of drug-likeness (QED) is 0.375. The number of aliphatic hydroxyl groups excluding tert-OH is 1. The maximum absolute atomic E-state index is 13.1. The molecule has 2 aromatic rings. The summed E-state index contributed by atoms with van der Waals surface area (Å²) in [5, 5.41) is 11.1. The molecule has 1 N–H and O–H groups in total. The Hall–Kier alpha value is -3.23. The standard InChI is InChI=1S/C25H29N3O5/c1-2-33-19-9-7-18(8-10-19)23(29)21-22(20-6-3-4-11-26-20)28(25(31)24(21)30)13-5-12-27-14-16-32-17-15-27/h3-4,6-11,22,29H,2,5,12-17H2,1H3. The van der Waals surface area contributed by atoms with E-state index in [-0.39, 0.29) is 11.3 Å². The Labute approximate surface area is 193 Å². The number of aliphatic hydroxyl groups is 1. The van der Waals surface area contributed by atoms with E-state index in [2.05, 4.69) is 9.88 Å². The first-order valence-electron chi connectivity index (χ1n) is 11.3. The predicted octanol–water partition coefficient (Wildman–Crippen LogP) is 2.62. The van der Waals surface area contributed by atoms with Crippen molar-refractivity contribution in [3.05, 3.63) is 65.5 Å². The Bertz CT molecular complexity index is 1000. The molecule has 8 nitrogen and oxygen atoms in total. The number of carbonyl (C=O) groups is 2. The van der Waals surface area contributed by atoms with Crippen molar-refractivity contribution in [2.45, 2.75) is 19.4 Å². The molecule has 0 spiro atoms. The molecule has 0 saturated carbocycles. The molecule has 1 atom stereocenters. The van der Waals surface area contributed by atoms with E-state index >= 15 is 0 Å². The van der Waals surface area contributed by atoms with Crippen molar-refractivity contribution in [2.75, 3.05) is 46.0 Å². The van der Waals surface area contributed by atoms with Crippen LogP contribution in [0.25, 0.3) is 5.76 Å². The van der Waals surface area contributed by atoms with Crippen LogP contribution in [0.2, 0.25) is 0 Å². The number of pyridine rings is 1. The summed E-state index contributed by atoms with van der Waals surface area (Å²) >= 11 is 0. The molecular formula is C25H29N3O5.